The van der Waals surface area contributed by atoms with Gasteiger partial charge in [0.1, 0.15) is 5.82 Å². The van der Waals surface area contributed by atoms with Crippen molar-refractivity contribution in [2.75, 3.05) is 30.5 Å². The van der Waals surface area contributed by atoms with E-state index in [0.29, 0.717) is 29.8 Å². The van der Waals surface area contributed by atoms with Gasteiger partial charge in [0.15, 0.2) is 0 Å². The normalized spacial score (nSPS) is 14.3. The van der Waals surface area contributed by atoms with Crippen molar-refractivity contribution in [3.8, 4) is 0 Å². The van der Waals surface area contributed by atoms with Crippen LogP contribution in [0.15, 0.2) is 0 Å². The second-order valence-corrected chi connectivity index (χ2v) is 7.14. The lowest BCUT2D eigenvalue weighted by Gasteiger charge is -2.20. The number of hydrazine groups is 1. The summed E-state index contributed by atoms with van der Waals surface area (Å²) in [5.74, 6) is 1.06. The summed E-state index contributed by atoms with van der Waals surface area (Å²) in [6, 6.07) is 0. The molecule has 1 heterocycles. The van der Waals surface area contributed by atoms with Gasteiger partial charge in [0, 0.05) is 19.5 Å². The van der Waals surface area contributed by atoms with E-state index in [4.69, 9.17) is 0 Å². The maximum Gasteiger partial charge on any atom is 0.246 e. The van der Waals surface area contributed by atoms with Gasteiger partial charge < -0.3 is 4.90 Å². The second-order valence-electron chi connectivity index (χ2n) is 7.14. The minimum absolute atomic E-state index is 0.0604. The smallest absolute Gasteiger partial charge is 0.246 e. The number of anilines is 2. The molecule has 2 amide bonds. The minimum atomic E-state index is -0.531. The third kappa shape index (κ3) is 6.59. The first-order chi connectivity index (χ1) is 13.5. The van der Waals surface area contributed by atoms with Gasteiger partial charge in [-0.15, -0.1) is 0 Å². The molecule has 1 aliphatic carbocycles. The van der Waals surface area contributed by atoms with E-state index in [1.54, 1.807) is 0 Å². The highest BCUT2D eigenvalue weighted by atomic mass is 16.5. The van der Waals surface area contributed by atoms with E-state index in [1.165, 1.54) is 0 Å². The molecule has 0 spiro atoms. The lowest BCUT2D eigenvalue weighted by Crippen LogP contribution is -2.40. The monoisotopic (exact) mass is 393 g/mol. The fourth-order valence-electron chi connectivity index (χ4n) is 2.71. The van der Waals surface area contributed by atoms with E-state index >= 15 is 0 Å². The Morgan fingerprint density at radius 3 is 2.64 bits per heavy atom. The predicted molar refractivity (Wildman–Crippen MR) is 105 cm³/mol. The Morgan fingerprint density at radius 2 is 2.04 bits per heavy atom. The van der Waals surface area contributed by atoms with Crippen molar-refractivity contribution in [3.63, 3.8) is 0 Å². The van der Waals surface area contributed by atoms with E-state index < -0.39 is 5.92 Å². The maximum absolute atomic E-state index is 12.6. The number of hydroxylamine groups is 2. The molecule has 0 aliphatic heterocycles. The standard InChI is InChI=1S/C18H31N7O3/c1-4-6-7-8-14(11-25(28)12-26)16(27)22-23-17-19-15(13-9-10-13)20-18(21-17)24(3)5-2/h12-14,28H,4-11H2,1-3H3,(H,22,27)(H,19,20,21,23). The number of unbranched alkanes of at least 4 members (excludes halogenated alkanes) is 2. The number of carbonyl (C=O) groups excluding carboxylic acids is 2. The van der Waals surface area contributed by atoms with Crippen LogP contribution in [0.1, 0.15) is 64.1 Å². The number of nitrogens with one attached hydrogen (secondary N) is 2. The van der Waals surface area contributed by atoms with Gasteiger partial charge in [0.25, 0.3) is 0 Å². The number of hydrogen-bond acceptors (Lipinski definition) is 8. The summed E-state index contributed by atoms with van der Waals surface area (Å²) >= 11 is 0. The van der Waals surface area contributed by atoms with Crippen LogP contribution >= 0.6 is 0 Å². The lowest BCUT2D eigenvalue weighted by molar-refractivity contribution is -0.154. The number of aromatic nitrogens is 3. The Labute approximate surface area is 165 Å². The molecule has 1 saturated carbocycles. The van der Waals surface area contributed by atoms with E-state index in [2.05, 4.69) is 32.7 Å². The summed E-state index contributed by atoms with van der Waals surface area (Å²) in [7, 11) is 1.90. The molecule has 156 valence electrons. The molecule has 2 rings (SSSR count). The van der Waals surface area contributed by atoms with Gasteiger partial charge in [-0.05, 0) is 26.2 Å². The Hall–Kier alpha value is -2.49. The largest absolute Gasteiger partial charge is 0.344 e. The van der Waals surface area contributed by atoms with E-state index in [9.17, 15) is 14.8 Å². The first kappa shape index (κ1) is 21.8. The van der Waals surface area contributed by atoms with Crippen molar-refractivity contribution >= 4 is 24.2 Å². The fourth-order valence-corrected chi connectivity index (χ4v) is 2.71. The average molecular weight is 393 g/mol. The van der Waals surface area contributed by atoms with Crippen LogP contribution in [0.3, 0.4) is 0 Å². The lowest BCUT2D eigenvalue weighted by atomic mass is 10.0. The zero-order valence-electron chi connectivity index (χ0n) is 16.9. The third-order valence-corrected chi connectivity index (χ3v) is 4.75. The molecule has 0 saturated heterocycles. The third-order valence-electron chi connectivity index (χ3n) is 4.75. The van der Waals surface area contributed by atoms with Crippen molar-refractivity contribution < 1.29 is 14.8 Å². The Morgan fingerprint density at radius 1 is 1.29 bits per heavy atom. The maximum atomic E-state index is 12.6. The fraction of sp³-hybridized carbons (Fsp3) is 0.722. The molecule has 1 atom stereocenters. The van der Waals surface area contributed by atoms with Crippen LogP contribution in [-0.2, 0) is 9.59 Å². The molecule has 10 heteroatoms. The quantitative estimate of drug-likeness (QED) is 0.200. The van der Waals surface area contributed by atoms with Crippen molar-refractivity contribution in [2.45, 2.75) is 58.3 Å². The Bertz CT molecular complexity index is 654. The summed E-state index contributed by atoms with van der Waals surface area (Å²) in [5, 5.41) is 9.97. The number of rotatable bonds is 13. The zero-order valence-corrected chi connectivity index (χ0v) is 16.9. The molecule has 1 aromatic heterocycles. The molecule has 28 heavy (non-hydrogen) atoms. The van der Waals surface area contributed by atoms with Gasteiger partial charge in [-0.2, -0.15) is 15.0 Å². The van der Waals surface area contributed by atoms with Crippen LogP contribution in [0.5, 0.6) is 0 Å². The number of hydrogen-bond donors (Lipinski definition) is 3. The first-order valence-electron chi connectivity index (χ1n) is 9.92. The summed E-state index contributed by atoms with van der Waals surface area (Å²) in [4.78, 5) is 38.4. The second kappa shape index (κ2) is 10.7. The summed E-state index contributed by atoms with van der Waals surface area (Å²) in [5.41, 5.74) is 5.38. The highest BCUT2D eigenvalue weighted by Crippen LogP contribution is 2.38. The molecule has 1 aromatic rings. The van der Waals surface area contributed by atoms with Crippen LogP contribution in [0.25, 0.3) is 0 Å². The predicted octanol–water partition coefficient (Wildman–Crippen LogP) is 1.69. The van der Waals surface area contributed by atoms with Crippen molar-refractivity contribution in [1.82, 2.24) is 25.4 Å². The summed E-state index contributed by atoms with van der Waals surface area (Å²) < 4.78 is 0. The van der Waals surface area contributed by atoms with Crippen LogP contribution in [-0.4, -0.2) is 57.7 Å². The van der Waals surface area contributed by atoms with Crippen LogP contribution in [0.2, 0.25) is 0 Å². The molecule has 0 aromatic carbocycles. The van der Waals surface area contributed by atoms with Gasteiger partial charge in [-0.25, -0.2) is 5.06 Å². The molecule has 3 N–H and O–H groups in total. The zero-order chi connectivity index (χ0) is 20.5. The molecule has 0 radical (unpaired) electrons. The van der Waals surface area contributed by atoms with Gasteiger partial charge >= 0.3 is 0 Å². The SMILES string of the molecule is CCCCCC(CN(O)C=O)C(=O)NNc1nc(C2CC2)nc(N(C)CC)n1. The van der Waals surface area contributed by atoms with Gasteiger partial charge in [0.2, 0.25) is 24.2 Å². The van der Waals surface area contributed by atoms with Gasteiger partial charge in [0.05, 0.1) is 12.5 Å². The number of nitrogens with zero attached hydrogens (tertiary/aromatic N) is 5. The molecule has 1 unspecified atom stereocenters. The first-order valence-corrected chi connectivity index (χ1v) is 9.92. The molecule has 1 aliphatic rings. The van der Waals surface area contributed by atoms with E-state index in [1.807, 2.05) is 18.9 Å². The molecule has 1 fully saturated rings. The summed E-state index contributed by atoms with van der Waals surface area (Å²) in [6.45, 7) is 4.76. The average Bonchev–Trinajstić information content (AvgIpc) is 3.55. The minimum Gasteiger partial charge on any atom is -0.344 e. The summed E-state index contributed by atoms with van der Waals surface area (Å²) in [6.07, 6.45) is 5.82. The molecular formula is C18H31N7O3. The van der Waals surface area contributed by atoms with Crippen LogP contribution in [0, 0.1) is 5.92 Å². The Kier molecular flexibility index (Phi) is 8.37. The van der Waals surface area contributed by atoms with E-state index in [0.717, 1.165) is 44.5 Å². The van der Waals surface area contributed by atoms with Gasteiger partial charge in [-0.1, -0.05) is 26.2 Å². The number of amides is 2. The Balaban J connectivity index is 2.03. The highest BCUT2D eigenvalue weighted by Gasteiger charge is 2.28. The number of carbonyl (C=O) groups is 2. The molecule has 10 nitrogen and oxygen atoms in total. The topological polar surface area (TPSA) is 124 Å². The highest BCUT2D eigenvalue weighted by molar-refractivity contribution is 5.80. The van der Waals surface area contributed by atoms with Crippen molar-refractivity contribution in [2.24, 2.45) is 5.92 Å². The van der Waals surface area contributed by atoms with E-state index in [-0.39, 0.29) is 18.4 Å². The van der Waals surface area contributed by atoms with Crippen LogP contribution < -0.4 is 15.8 Å². The van der Waals surface area contributed by atoms with Crippen LogP contribution in [0.4, 0.5) is 11.9 Å². The van der Waals surface area contributed by atoms with Gasteiger partial charge in [-0.3, -0.25) is 25.6 Å². The molecular weight excluding hydrogens is 362 g/mol. The molecule has 0 bridgehead atoms. The van der Waals surface area contributed by atoms with Crippen molar-refractivity contribution in [3.05, 3.63) is 5.82 Å². The van der Waals surface area contributed by atoms with Crippen molar-refractivity contribution in [1.29, 1.82) is 0 Å².